The van der Waals surface area contributed by atoms with Gasteiger partial charge in [0.05, 0.1) is 0 Å². The summed E-state index contributed by atoms with van der Waals surface area (Å²) in [6.07, 6.45) is 1.42. The lowest BCUT2D eigenvalue weighted by Crippen LogP contribution is -2.33. The van der Waals surface area contributed by atoms with E-state index in [2.05, 4.69) is 6.58 Å². The molecule has 0 radical (unpaired) electrons. The molecule has 0 spiro atoms. The molecule has 106 valence electrons. The number of rotatable bonds is 5. The van der Waals surface area contributed by atoms with Crippen LogP contribution in [-0.4, -0.2) is 24.5 Å². The van der Waals surface area contributed by atoms with Crippen LogP contribution in [0, 0.1) is 5.82 Å². The second-order valence-corrected chi connectivity index (χ2v) is 4.51. The summed E-state index contributed by atoms with van der Waals surface area (Å²) in [4.78, 5) is 23.3. The molecule has 1 aliphatic heterocycles. The van der Waals surface area contributed by atoms with E-state index in [0.29, 0.717) is 18.6 Å². The van der Waals surface area contributed by atoms with E-state index in [9.17, 15) is 14.0 Å². The van der Waals surface area contributed by atoms with Crippen molar-refractivity contribution in [2.24, 2.45) is 0 Å². The van der Waals surface area contributed by atoms with Crippen LogP contribution in [0.1, 0.15) is 18.4 Å². The van der Waals surface area contributed by atoms with Gasteiger partial charge in [-0.1, -0.05) is 12.7 Å². The Morgan fingerprint density at radius 3 is 3.05 bits per heavy atom. The molecule has 0 N–H and O–H groups in total. The summed E-state index contributed by atoms with van der Waals surface area (Å²) in [5.74, 6) is -0.752. The summed E-state index contributed by atoms with van der Waals surface area (Å²) in [7, 11) is 0. The van der Waals surface area contributed by atoms with Gasteiger partial charge in [0, 0.05) is 0 Å². The Balaban J connectivity index is 1.95. The van der Waals surface area contributed by atoms with Crippen LogP contribution in [0.25, 0.3) is 0 Å². The first kappa shape index (κ1) is 14.2. The highest BCUT2D eigenvalue weighted by Gasteiger charge is 2.27. The van der Waals surface area contributed by atoms with Crippen molar-refractivity contribution in [3.05, 3.63) is 42.2 Å². The minimum Gasteiger partial charge on any atom is -0.482 e. The van der Waals surface area contributed by atoms with Crippen molar-refractivity contribution in [1.29, 1.82) is 0 Å². The van der Waals surface area contributed by atoms with Gasteiger partial charge in [-0.25, -0.2) is 4.39 Å². The summed E-state index contributed by atoms with van der Waals surface area (Å²) in [6, 6.07) is 4.18. The van der Waals surface area contributed by atoms with Crippen LogP contribution in [0.5, 0.6) is 5.75 Å². The van der Waals surface area contributed by atoms with Crippen molar-refractivity contribution < 1.29 is 23.5 Å². The van der Waals surface area contributed by atoms with Crippen molar-refractivity contribution in [1.82, 2.24) is 0 Å². The average molecular weight is 278 g/mol. The zero-order chi connectivity index (χ0) is 14.5. The Kier molecular flexibility index (Phi) is 4.50. The number of carbonyl (C=O) groups excluding carboxylic acids is 2. The molecule has 0 saturated carbocycles. The normalized spacial score (nSPS) is 16.8. The standard InChI is InChI=1S/C15H15FO4/c1-2-7-19-15(18)9-12(17)14-5-3-10-8-11(16)4-6-13(10)20-14/h2,4,6,8,14H,1,3,5,7,9H2. The zero-order valence-corrected chi connectivity index (χ0v) is 10.9. The van der Waals surface area contributed by atoms with Gasteiger partial charge in [0.1, 0.15) is 24.6 Å². The molecule has 0 aliphatic carbocycles. The van der Waals surface area contributed by atoms with Gasteiger partial charge >= 0.3 is 5.97 Å². The Morgan fingerprint density at radius 2 is 2.30 bits per heavy atom. The third kappa shape index (κ3) is 3.44. The molecule has 20 heavy (non-hydrogen) atoms. The molecule has 5 heteroatoms. The van der Waals surface area contributed by atoms with Gasteiger partial charge in [-0.3, -0.25) is 9.59 Å². The van der Waals surface area contributed by atoms with Crippen molar-refractivity contribution in [3.8, 4) is 5.75 Å². The Bertz CT molecular complexity index is 539. The number of carbonyl (C=O) groups is 2. The van der Waals surface area contributed by atoms with E-state index < -0.39 is 12.1 Å². The second-order valence-electron chi connectivity index (χ2n) is 4.51. The first-order valence-electron chi connectivity index (χ1n) is 6.34. The van der Waals surface area contributed by atoms with Crippen LogP contribution in [-0.2, 0) is 20.7 Å². The highest BCUT2D eigenvalue weighted by atomic mass is 19.1. The van der Waals surface area contributed by atoms with E-state index in [1.807, 2.05) is 0 Å². The molecule has 1 atom stereocenters. The lowest BCUT2D eigenvalue weighted by atomic mass is 9.98. The number of aryl methyl sites for hydroxylation is 1. The molecular formula is C15H15FO4. The lowest BCUT2D eigenvalue weighted by Gasteiger charge is -2.24. The number of hydrogen-bond donors (Lipinski definition) is 0. The molecule has 0 amide bonds. The van der Waals surface area contributed by atoms with E-state index in [1.165, 1.54) is 24.3 Å². The number of benzene rings is 1. The quantitative estimate of drug-likeness (QED) is 0.471. The fraction of sp³-hybridized carbons (Fsp3) is 0.333. The van der Waals surface area contributed by atoms with Crippen molar-refractivity contribution in [3.63, 3.8) is 0 Å². The summed E-state index contributed by atoms with van der Waals surface area (Å²) in [5, 5.41) is 0. The Hall–Kier alpha value is -2.17. The molecule has 0 aromatic heterocycles. The maximum Gasteiger partial charge on any atom is 0.313 e. The zero-order valence-electron chi connectivity index (χ0n) is 10.9. The van der Waals surface area contributed by atoms with Crippen LogP contribution in [0.4, 0.5) is 4.39 Å². The molecular weight excluding hydrogens is 263 g/mol. The largest absolute Gasteiger partial charge is 0.482 e. The first-order valence-corrected chi connectivity index (χ1v) is 6.34. The molecule has 1 heterocycles. The van der Waals surface area contributed by atoms with Crippen LogP contribution in [0.3, 0.4) is 0 Å². The predicted octanol–water partition coefficient (Wildman–Crippen LogP) is 2.21. The van der Waals surface area contributed by atoms with E-state index in [4.69, 9.17) is 9.47 Å². The summed E-state index contributed by atoms with van der Waals surface area (Å²) >= 11 is 0. The fourth-order valence-electron chi connectivity index (χ4n) is 2.04. The van der Waals surface area contributed by atoms with E-state index >= 15 is 0 Å². The molecule has 1 aromatic rings. The molecule has 1 aliphatic rings. The van der Waals surface area contributed by atoms with Crippen molar-refractivity contribution in [2.45, 2.75) is 25.4 Å². The van der Waals surface area contributed by atoms with Gasteiger partial charge in [-0.15, -0.1) is 0 Å². The molecule has 1 aromatic carbocycles. The van der Waals surface area contributed by atoms with Gasteiger partial charge < -0.3 is 9.47 Å². The van der Waals surface area contributed by atoms with E-state index in [0.717, 1.165) is 5.56 Å². The number of esters is 1. The number of ether oxygens (including phenoxy) is 2. The molecule has 1 unspecified atom stereocenters. The van der Waals surface area contributed by atoms with Gasteiger partial charge in [0.15, 0.2) is 11.9 Å². The maximum atomic E-state index is 13.0. The molecule has 0 bridgehead atoms. The molecule has 4 nitrogen and oxygen atoms in total. The molecule has 2 rings (SSSR count). The third-order valence-corrected chi connectivity index (χ3v) is 3.01. The average Bonchev–Trinajstić information content (AvgIpc) is 2.44. The summed E-state index contributed by atoms with van der Waals surface area (Å²) < 4.78 is 23.3. The number of Topliss-reactive ketones (excluding diaryl/α,β-unsaturated/α-hetero) is 1. The number of halogens is 1. The van der Waals surface area contributed by atoms with Crippen molar-refractivity contribution in [2.75, 3.05) is 6.61 Å². The van der Waals surface area contributed by atoms with Crippen LogP contribution in [0.15, 0.2) is 30.9 Å². The number of fused-ring (bicyclic) bond motifs is 1. The minimum atomic E-state index is -0.677. The number of hydrogen-bond acceptors (Lipinski definition) is 4. The predicted molar refractivity (Wildman–Crippen MR) is 69.9 cm³/mol. The monoisotopic (exact) mass is 278 g/mol. The highest BCUT2D eigenvalue weighted by molar-refractivity contribution is 5.98. The maximum absolute atomic E-state index is 13.0. The van der Waals surface area contributed by atoms with Gasteiger partial charge in [-0.05, 0) is 36.6 Å². The van der Waals surface area contributed by atoms with Gasteiger partial charge in [0.2, 0.25) is 0 Å². The Morgan fingerprint density at radius 1 is 1.50 bits per heavy atom. The third-order valence-electron chi connectivity index (χ3n) is 3.01. The SMILES string of the molecule is C=CCOC(=O)CC(=O)C1CCc2cc(F)ccc2O1. The fourth-order valence-corrected chi connectivity index (χ4v) is 2.04. The van der Waals surface area contributed by atoms with Crippen LogP contribution >= 0.6 is 0 Å². The van der Waals surface area contributed by atoms with Crippen molar-refractivity contribution >= 4 is 11.8 Å². The lowest BCUT2D eigenvalue weighted by molar-refractivity contribution is -0.146. The van der Waals surface area contributed by atoms with E-state index in [-0.39, 0.29) is 24.6 Å². The topological polar surface area (TPSA) is 52.6 Å². The second kappa shape index (κ2) is 6.32. The van der Waals surface area contributed by atoms with Gasteiger partial charge in [-0.2, -0.15) is 0 Å². The molecule has 0 saturated heterocycles. The van der Waals surface area contributed by atoms with Crippen LogP contribution in [0.2, 0.25) is 0 Å². The minimum absolute atomic E-state index is 0.0831. The smallest absolute Gasteiger partial charge is 0.313 e. The summed E-state index contributed by atoms with van der Waals surface area (Å²) in [5.41, 5.74) is 0.739. The highest BCUT2D eigenvalue weighted by Crippen LogP contribution is 2.28. The van der Waals surface area contributed by atoms with Crippen LogP contribution < -0.4 is 4.74 Å². The summed E-state index contributed by atoms with van der Waals surface area (Å²) in [6.45, 7) is 3.50. The van der Waals surface area contributed by atoms with Gasteiger partial charge in [0.25, 0.3) is 0 Å². The molecule has 0 fully saturated rings. The van der Waals surface area contributed by atoms with E-state index in [1.54, 1.807) is 0 Å². The number of ketones is 1. The Labute approximate surface area is 116 Å². The first-order chi connectivity index (χ1) is 9.60.